The van der Waals surface area contributed by atoms with E-state index in [0.717, 1.165) is 6.42 Å². The maximum absolute atomic E-state index is 13.7. The monoisotopic (exact) mass is 380 g/mol. The fourth-order valence-corrected chi connectivity index (χ4v) is 2.94. The van der Waals surface area contributed by atoms with E-state index in [-0.39, 0.29) is 33.5 Å². The smallest absolute Gasteiger partial charge is 0.293 e. The minimum absolute atomic E-state index is 0.0913. The maximum atomic E-state index is 13.7. The highest BCUT2D eigenvalue weighted by atomic mass is 127. The summed E-state index contributed by atoms with van der Waals surface area (Å²) < 4.78 is 13.9. The molecule has 19 heavy (non-hydrogen) atoms. The van der Waals surface area contributed by atoms with E-state index in [1.807, 2.05) is 6.92 Å². The molecule has 0 bridgehead atoms. The molecule has 0 aliphatic carbocycles. The normalized spacial score (nSPS) is 22.8. The molecule has 1 fully saturated rings. The lowest BCUT2D eigenvalue weighted by Crippen LogP contribution is -2.35. The lowest BCUT2D eigenvalue weighted by molar-refractivity contribution is -0.384. The van der Waals surface area contributed by atoms with E-state index in [4.69, 9.17) is 0 Å². The van der Waals surface area contributed by atoms with Crippen LogP contribution in [0.25, 0.3) is 0 Å². The van der Waals surface area contributed by atoms with E-state index < -0.39 is 10.7 Å². The predicted octanol–water partition coefficient (Wildman–Crippen LogP) is 2.55. The van der Waals surface area contributed by atoms with Crippen LogP contribution in [0, 0.1) is 25.4 Å². The van der Waals surface area contributed by atoms with Crippen LogP contribution in [0.15, 0.2) is 12.1 Å². The van der Waals surface area contributed by atoms with Crippen molar-refractivity contribution in [2.24, 2.45) is 5.92 Å². The number of nitro groups is 1. The van der Waals surface area contributed by atoms with Crippen LogP contribution in [0.1, 0.15) is 13.3 Å². The second kappa shape index (κ2) is 5.58. The molecule has 2 unspecified atom stereocenters. The molecule has 7 heteroatoms. The number of rotatable bonds is 3. The Morgan fingerprint density at radius 3 is 2.89 bits per heavy atom. The second-order valence-corrected chi connectivity index (χ2v) is 5.88. The van der Waals surface area contributed by atoms with Crippen LogP contribution in [0.3, 0.4) is 0 Å². The zero-order chi connectivity index (χ0) is 14.2. The predicted molar refractivity (Wildman–Crippen MR) is 77.8 cm³/mol. The molecule has 2 rings (SSSR count). The van der Waals surface area contributed by atoms with Crippen molar-refractivity contribution in [2.45, 2.75) is 19.4 Å². The van der Waals surface area contributed by atoms with Crippen molar-refractivity contribution in [1.29, 1.82) is 0 Å². The highest BCUT2D eigenvalue weighted by Gasteiger charge is 2.34. The lowest BCUT2D eigenvalue weighted by atomic mass is 10.0. The third kappa shape index (κ3) is 2.66. The van der Waals surface area contributed by atoms with E-state index in [2.05, 4.69) is 0 Å². The Kier molecular flexibility index (Phi) is 4.24. The molecule has 1 aliphatic heterocycles. The van der Waals surface area contributed by atoms with Gasteiger partial charge in [0.2, 0.25) is 0 Å². The highest BCUT2D eigenvalue weighted by Crippen LogP contribution is 2.37. The third-order valence-electron chi connectivity index (χ3n) is 3.59. The Bertz CT molecular complexity index is 512. The summed E-state index contributed by atoms with van der Waals surface area (Å²) in [5.41, 5.74) is 0.143. The summed E-state index contributed by atoms with van der Waals surface area (Å²) in [6.07, 6.45) is 0.829. The van der Waals surface area contributed by atoms with Gasteiger partial charge in [-0.25, -0.2) is 4.39 Å². The Morgan fingerprint density at radius 2 is 2.32 bits per heavy atom. The molecular weight excluding hydrogens is 366 g/mol. The largest absolute Gasteiger partial charge is 0.394 e. The van der Waals surface area contributed by atoms with Crippen molar-refractivity contribution in [3.05, 3.63) is 31.6 Å². The molecule has 1 heterocycles. The number of anilines is 1. The van der Waals surface area contributed by atoms with Crippen LogP contribution in [-0.4, -0.2) is 29.2 Å². The lowest BCUT2D eigenvalue weighted by Gasteiger charge is -2.27. The number of benzene rings is 1. The third-order valence-corrected chi connectivity index (χ3v) is 4.42. The first-order valence-electron chi connectivity index (χ1n) is 5.96. The van der Waals surface area contributed by atoms with Crippen molar-refractivity contribution in [3.8, 4) is 0 Å². The van der Waals surface area contributed by atoms with Gasteiger partial charge in [0.1, 0.15) is 11.5 Å². The van der Waals surface area contributed by atoms with Gasteiger partial charge in [-0.2, -0.15) is 0 Å². The first-order valence-corrected chi connectivity index (χ1v) is 7.04. The van der Waals surface area contributed by atoms with E-state index in [0.29, 0.717) is 6.54 Å². The van der Waals surface area contributed by atoms with Gasteiger partial charge in [0.05, 0.1) is 21.1 Å². The van der Waals surface area contributed by atoms with Gasteiger partial charge in [-0.05, 0) is 34.9 Å². The number of aliphatic hydroxyl groups excluding tert-OH is 1. The average Bonchev–Trinajstić information content (AvgIpc) is 2.72. The zero-order valence-electron chi connectivity index (χ0n) is 10.3. The molecule has 104 valence electrons. The topological polar surface area (TPSA) is 66.6 Å². The van der Waals surface area contributed by atoms with Gasteiger partial charge in [0.25, 0.3) is 5.69 Å². The number of hydrogen-bond acceptors (Lipinski definition) is 4. The van der Waals surface area contributed by atoms with Crippen LogP contribution in [0.5, 0.6) is 0 Å². The van der Waals surface area contributed by atoms with Crippen molar-refractivity contribution in [3.63, 3.8) is 0 Å². The fourth-order valence-electron chi connectivity index (χ4n) is 2.49. The van der Waals surface area contributed by atoms with Gasteiger partial charge in [0.15, 0.2) is 0 Å². The molecule has 1 aromatic rings. The molecule has 5 nitrogen and oxygen atoms in total. The molecule has 2 atom stereocenters. The molecule has 1 aliphatic rings. The summed E-state index contributed by atoms with van der Waals surface area (Å²) in [5.74, 6) is -0.246. The minimum atomic E-state index is -0.506. The van der Waals surface area contributed by atoms with Crippen LogP contribution < -0.4 is 4.90 Å². The average molecular weight is 380 g/mol. The van der Waals surface area contributed by atoms with Crippen molar-refractivity contribution in [2.75, 3.05) is 18.1 Å². The molecule has 0 amide bonds. The van der Waals surface area contributed by atoms with Gasteiger partial charge >= 0.3 is 0 Å². The molecular formula is C12H14FIN2O3. The summed E-state index contributed by atoms with van der Waals surface area (Å²) in [7, 11) is 0. The summed E-state index contributed by atoms with van der Waals surface area (Å²) >= 11 is 1.73. The molecule has 0 spiro atoms. The summed E-state index contributed by atoms with van der Waals surface area (Å²) in [5, 5.41) is 20.5. The van der Waals surface area contributed by atoms with Gasteiger partial charge < -0.3 is 10.0 Å². The highest BCUT2D eigenvalue weighted by molar-refractivity contribution is 14.1. The molecule has 0 aromatic heterocycles. The van der Waals surface area contributed by atoms with Crippen molar-refractivity contribution < 1.29 is 14.4 Å². The number of halogens is 2. The SMILES string of the molecule is CC1CCN(c2cc(F)c(I)cc2[N+](=O)[O-])C1CO. The summed E-state index contributed by atoms with van der Waals surface area (Å²) in [6.45, 7) is 2.48. The zero-order valence-corrected chi connectivity index (χ0v) is 12.5. The van der Waals surface area contributed by atoms with Crippen LogP contribution in [0.4, 0.5) is 15.8 Å². The first kappa shape index (κ1) is 14.4. The fraction of sp³-hybridized carbons (Fsp3) is 0.500. The van der Waals surface area contributed by atoms with E-state index in [9.17, 15) is 19.6 Å². The van der Waals surface area contributed by atoms with Gasteiger partial charge in [-0.1, -0.05) is 6.92 Å². The van der Waals surface area contributed by atoms with Gasteiger partial charge in [0, 0.05) is 18.7 Å². The molecule has 0 saturated carbocycles. The van der Waals surface area contributed by atoms with Gasteiger partial charge in [-0.3, -0.25) is 10.1 Å². The summed E-state index contributed by atoms with van der Waals surface area (Å²) in [6, 6.07) is 2.24. The van der Waals surface area contributed by atoms with E-state index in [1.54, 1.807) is 27.5 Å². The Labute approximate surface area is 123 Å². The van der Waals surface area contributed by atoms with Crippen LogP contribution in [-0.2, 0) is 0 Å². The number of nitrogens with zero attached hydrogens (tertiary/aromatic N) is 2. The van der Waals surface area contributed by atoms with Gasteiger partial charge in [-0.15, -0.1) is 0 Å². The molecule has 1 aromatic carbocycles. The number of hydrogen-bond donors (Lipinski definition) is 1. The van der Waals surface area contributed by atoms with Crippen LogP contribution in [0.2, 0.25) is 0 Å². The first-order chi connectivity index (χ1) is 8.95. The Balaban J connectivity index is 2.49. The standard InChI is InChI=1S/C12H14FIN2O3/c1-7-2-3-15(12(7)6-17)10-4-8(13)9(14)5-11(10)16(18)19/h4-5,7,12,17H,2-3,6H2,1H3. The second-order valence-electron chi connectivity index (χ2n) is 4.72. The van der Waals surface area contributed by atoms with Crippen molar-refractivity contribution >= 4 is 34.0 Å². The summed E-state index contributed by atoms with van der Waals surface area (Å²) in [4.78, 5) is 12.3. The van der Waals surface area contributed by atoms with E-state index >= 15 is 0 Å². The maximum Gasteiger partial charge on any atom is 0.293 e. The number of nitro benzene ring substituents is 1. The minimum Gasteiger partial charge on any atom is -0.394 e. The Morgan fingerprint density at radius 1 is 1.63 bits per heavy atom. The van der Waals surface area contributed by atoms with Crippen molar-refractivity contribution in [1.82, 2.24) is 0 Å². The number of aliphatic hydroxyl groups is 1. The van der Waals surface area contributed by atoms with E-state index in [1.165, 1.54) is 12.1 Å². The van der Waals surface area contributed by atoms with Crippen LogP contribution >= 0.6 is 22.6 Å². The molecule has 0 radical (unpaired) electrons. The molecule has 1 N–H and O–H groups in total. The molecule has 1 saturated heterocycles. The quantitative estimate of drug-likeness (QED) is 0.497. The Hall–Kier alpha value is -0.960.